The van der Waals surface area contributed by atoms with Crippen molar-refractivity contribution in [1.29, 1.82) is 0 Å². The van der Waals surface area contributed by atoms with E-state index in [1.54, 1.807) is 30.7 Å². The first kappa shape index (κ1) is 19.7. The monoisotopic (exact) mass is 418 g/mol. The van der Waals surface area contributed by atoms with Gasteiger partial charge in [-0.3, -0.25) is 4.79 Å². The minimum absolute atomic E-state index is 0.191. The second kappa shape index (κ2) is 9.28. The van der Waals surface area contributed by atoms with E-state index in [-0.39, 0.29) is 11.7 Å². The van der Waals surface area contributed by atoms with Gasteiger partial charge < -0.3 is 9.88 Å². The first-order valence-corrected chi connectivity index (χ1v) is 10.3. The molecule has 0 fully saturated rings. The molecule has 2 heterocycles. The molecule has 0 aliphatic rings. The smallest absolute Gasteiger partial charge is 0.244 e. The zero-order valence-electron chi connectivity index (χ0n) is 16.0. The van der Waals surface area contributed by atoms with E-state index in [9.17, 15) is 9.18 Å². The maximum atomic E-state index is 13.1. The number of halogens is 1. The normalized spacial score (nSPS) is 11.1. The molecule has 0 unspecified atom stereocenters. The summed E-state index contributed by atoms with van der Waals surface area (Å²) in [5, 5.41) is 5.56. The van der Waals surface area contributed by atoms with Crippen LogP contribution < -0.4 is 5.32 Å². The van der Waals surface area contributed by atoms with Gasteiger partial charge >= 0.3 is 0 Å². The van der Waals surface area contributed by atoms with Crippen molar-refractivity contribution in [3.8, 4) is 10.6 Å². The van der Waals surface area contributed by atoms with Crippen LogP contribution in [0.15, 0.2) is 78.7 Å². The highest BCUT2D eigenvalue weighted by Gasteiger charge is 2.06. The zero-order valence-corrected chi connectivity index (χ0v) is 16.8. The Morgan fingerprint density at radius 3 is 2.70 bits per heavy atom. The van der Waals surface area contributed by atoms with Crippen molar-refractivity contribution in [2.75, 3.05) is 0 Å². The number of nitrogens with zero attached hydrogens (tertiary/aromatic N) is 3. The van der Waals surface area contributed by atoms with Gasteiger partial charge in [0.05, 0.1) is 12.0 Å². The van der Waals surface area contributed by atoms with Crippen molar-refractivity contribution < 1.29 is 9.18 Å². The number of aromatic nitrogens is 3. The molecule has 1 amide bonds. The highest BCUT2D eigenvalue weighted by Crippen LogP contribution is 2.24. The Balaban J connectivity index is 1.35. The molecular formula is C23H19FN4OS. The standard InChI is InChI=1S/C23H19FN4OS/c24-20-7-5-17(6-8-20)23-27-21(15-30-23)9-10-22(29)26-13-18-3-1-2-4-19(18)14-28-12-11-25-16-28/h1-12,15-16H,13-14H2,(H,26,29)/b10-9+. The predicted octanol–water partition coefficient (Wildman–Crippen LogP) is 4.52. The molecule has 7 heteroatoms. The van der Waals surface area contributed by atoms with Crippen LogP contribution in [0.4, 0.5) is 4.39 Å². The highest BCUT2D eigenvalue weighted by atomic mass is 32.1. The van der Waals surface area contributed by atoms with Crippen molar-refractivity contribution >= 4 is 23.3 Å². The Hall–Kier alpha value is -3.58. The highest BCUT2D eigenvalue weighted by molar-refractivity contribution is 7.13. The Morgan fingerprint density at radius 2 is 1.93 bits per heavy atom. The molecule has 30 heavy (non-hydrogen) atoms. The van der Waals surface area contributed by atoms with Crippen LogP contribution in [0.1, 0.15) is 16.8 Å². The molecule has 0 saturated heterocycles. The number of carbonyl (C=O) groups excluding carboxylic acids is 1. The summed E-state index contributed by atoms with van der Waals surface area (Å²) >= 11 is 1.45. The molecule has 4 rings (SSSR count). The van der Waals surface area contributed by atoms with E-state index >= 15 is 0 Å². The third kappa shape index (κ3) is 5.07. The van der Waals surface area contributed by atoms with E-state index in [2.05, 4.69) is 15.3 Å². The number of rotatable bonds is 7. The van der Waals surface area contributed by atoms with Crippen LogP contribution in [-0.2, 0) is 17.9 Å². The van der Waals surface area contributed by atoms with Gasteiger partial charge in [-0.05, 0) is 41.5 Å². The van der Waals surface area contributed by atoms with E-state index < -0.39 is 0 Å². The van der Waals surface area contributed by atoms with Crippen molar-refractivity contribution in [3.05, 3.63) is 101 Å². The average molecular weight is 418 g/mol. The van der Waals surface area contributed by atoms with Gasteiger partial charge in [0.2, 0.25) is 5.91 Å². The summed E-state index contributed by atoms with van der Waals surface area (Å²) in [6.07, 6.45) is 8.58. The van der Waals surface area contributed by atoms with Crippen LogP contribution in [0.25, 0.3) is 16.6 Å². The van der Waals surface area contributed by atoms with Gasteiger partial charge in [0.25, 0.3) is 0 Å². The molecular weight excluding hydrogens is 399 g/mol. The molecule has 0 spiro atoms. The summed E-state index contributed by atoms with van der Waals surface area (Å²) in [6, 6.07) is 14.2. The fourth-order valence-corrected chi connectivity index (χ4v) is 3.75. The van der Waals surface area contributed by atoms with Gasteiger partial charge in [-0.2, -0.15) is 0 Å². The van der Waals surface area contributed by atoms with Gasteiger partial charge in [0.1, 0.15) is 10.8 Å². The molecule has 5 nitrogen and oxygen atoms in total. The van der Waals surface area contributed by atoms with Crippen molar-refractivity contribution in [1.82, 2.24) is 19.9 Å². The first-order chi connectivity index (χ1) is 14.7. The Kier molecular flexibility index (Phi) is 6.10. The zero-order chi connectivity index (χ0) is 20.8. The number of carbonyl (C=O) groups is 1. The number of imidazole rings is 1. The number of hydrogen-bond acceptors (Lipinski definition) is 4. The van der Waals surface area contributed by atoms with Gasteiger partial charge in [0.15, 0.2) is 0 Å². The number of thiazole rings is 1. The van der Waals surface area contributed by atoms with Crippen molar-refractivity contribution in [2.24, 2.45) is 0 Å². The van der Waals surface area contributed by atoms with E-state index in [0.717, 1.165) is 21.7 Å². The Morgan fingerprint density at radius 1 is 1.13 bits per heavy atom. The molecule has 0 atom stereocenters. The maximum Gasteiger partial charge on any atom is 0.244 e. The lowest BCUT2D eigenvalue weighted by molar-refractivity contribution is -0.116. The third-order valence-electron chi connectivity index (χ3n) is 4.50. The van der Waals surface area contributed by atoms with E-state index in [1.165, 1.54) is 29.5 Å². The van der Waals surface area contributed by atoms with Crippen LogP contribution in [0, 0.1) is 5.82 Å². The molecule has 2 aromatic heterocycles. The van der Waals surface area contributed by atoms with E-state index in [4.69, 9.17) is 0 Å². The molecule has 0 radical (unpaired) electrons. The van der Waals surface area contributed by atoms with Crippen LogP contribution in [-0.4, -0.2) is 20.4 Å². The molecule has 4 aromatic rings. The largest absolute Gasteiger partial charge is 0.348 e. The van der Waals surface area contributed by atoms with Gasteiger partial charge in [-0.15, -0.1) is 11.3 Å². The minimum Gasteiger partial charge on any atom is -0.348 e. The lowest BCUT2D eigenvalue weighted by Gasteiger charge is -2.10. The van der Waals surface area contributed by atoms with Gasteiger partial charge in [-0.1, -0.05) is 24.3 Å². The minimum atomic E-state index is -0.279. The van der Waals surface area contributed by atoms with Crippen LogP contribution in [0.2, 0.25) is 0 Å². The van der Waals surface area contributed by atoms with Crippen LogP contribution in [0.3, 0.4) is 0 Å². The summed E-state index contributed by atoms with van der Waals surface area (Å²) in [5.74, 6) is -0.470. The summed E-state index contributed by atoms with van der Waals surface area (Å²) < 4.78 is 15.0. The molecule has 2 aromatic carbocycles. The van der Waals surface area contributed by atoms with Crippen molar-refractivity contribution in [2.45, 2.75) is 13.1 Å². The van der Waals surface area contributed by atoms with Crippen molar-refractivity contribution in [3.63, 3.8) is 0 Å². The Bertz CT molecular complexity index is 1150. The predicted molar refractivity (Wildman–Crippen MR) is 116 cm³/mol. The van der Waals surface area contributed by atoms with Crippen LogP contribution >= 0.6 is 11.3 Å². The fourth-order valence-electron chi connectivity index (χ4n) is 2.95. The van der Waals surface area contributed by atoms with Crippen LogP contribution in [0.5, 0.6) is 0 Å². The van der Waals surface area contributed by atoms with E-state index in [1.807, 2.05) is 40.4 Å². The first-order valence-electron chi connectivity index (χ1n) is 9.37. The second-order valence-electron chi connectivity index (χ2n) is 6.64. The molecule has 150 valence electrons. The van der Waals surface area contributed by atoms with Gasteiger partial charge in [0, 0.05) is 42.5 Å². The number of hydrogen-bond donors (Lipinski definition) is 1. The number of amides is 1. The molecule has 0 aliphatic carbocycles. The lowest BCUT2D eigenvalue weighted by atomic mass is 10.1. The summed E-state index contributed by atoms with van der Waals surface area (Å²) in [7, 11) is 0. The molecule has 1 N–H and O–H groups in total. The van der Waals surface area contributed by atoms with Gasteiger partial charge in [-0.25, -0.2) is 14.4 Å². The third-order valence-corrected chi connectivity index (χ3v) is 5.41. The SMILES string of the molecule is O=C(/C=C/c1csc(-c2ccc(F)cc2)n1)NCc1ccccc1Cn1ccnc1. The molecule has 0 bridgehead atoms. The summed E-state index contributed by atoms with van der Waals surface area (Å²) in [4.78, 5) is 20.8. The Labute approximate surface area is 177 Å². The summed E-state index contributed by atoms with van der Waals surface area (Å²) in [5.41, 5.74) is 3.72. The lowest BCUT2D eigenvalue weighted by Crippen LogP contribution is -2.21. The fraction of sp³-hybridized carbons (Fsp3) is 0.0870. The quantitative estimate of drug-likeness (QED) is 0.449. The number of nitrogens with one attached hydrogen (secondary N) is 1. The second-order valence-corrected chi connectivity index (χ2v) is 7.50. The number of benzene rings is 2. The summed E-state index contributed by atoms with van der Waals surface area (Å²) in [6.45, 7) is 1.14. The van der Waals surface area contributed by atoms with E-state index in [0.29, 0.717) is 18.8 Å². The average Bonchev–Trinajstić information content (AvgIpc) is 3.44. The maximum absolute atomic E-state index is 13.1. The molecule has 0 saturated carbocycles. The topological polar surface area (TPSA) is 59.8 Å². The molecule has 0 aliphatic heterocycles.